The number of hydrogen-bond donors (Lipinski definition) is 0. The van der Waals surface area contributed by atoms with Gasteiger partial charge in [-0.05, 0) is 59.3 Å². The Hall–Kier alpha value is -1.27. The third-order valence-electron chi connectivity index (χ3n) is 3.42. The fourth-order valence-electron chi connectivity index (χ4n) is 2.22. The molecule has 0 heterocycles. The first-order valence-corrected chi connectivity index (χ1v) is 8.22. The third-order valence-corrected chi connectivity index (χ3v) is 5.09. The molecular weight excluding hydrogens is 413 g/mol. The molecule has 5 heteroatoms. The molecule has 2 aromatic rings. The predicted molar refractivity (Wildman–Crippen MR) is 97.7 cm³/mol. The van der Waals surface area contributed by atoms with Gasteiger partial charge in [0.15, 0.2) is 0 Å². The molecule has 0 fully saturated rings. The summed E-state index contributed by atoms with van der Waals surface area (Å²) in [5.41, 5.74) is 2.69. The molecule has 0 aliphatic rings. The van der Waals surface area contributed by atoms with Gasteiger partial charge in [0.2, 0.25) is 0 Å². The van der Waals surface area contributed by atoms with Gasteiger partial charge >= 0.3 is 0 Å². The van der Waals surface area contributed by atoms with Crippen LogP contribution in [-0.2, 0) is 6.54 Å². The van der Waals surface area contributed by atoms with E-state index in [0.29, 0.717) is 17.1 Å². The summed E-state index contributed by atoms with van der Waals surface area (Å²) in [5.74, 6) is 0.707. The quantitative estimate of drug-likeness (QED) is 0.668. The topological polar surface area (TPSA) is 29.5 Å². The van der Waals surface area contributed by atoms with Crippen molar-refractivity contribution in [1.82, 2.24) is 4.90 Å². The summed E-state index contributed by atoms with van der Waals surface area (Å²) in [4.78, 5) is 14.3. The van der Waals surface area contributed by atoms with Crippen LogP contribution in [0.1, 0.15) is 21.5 Å². The number of carbonyl (C=O) groups is 1. The summed E-state index contributed by atoms with van der Waals surface area (Å²) in [6, 6.07) is 11.2. The molecule has 0 N–H and O–H groups in total. The van der Waals surface area contributed by atoms with Gasteiger partial charge in [-0.25, -0.2) is 0 Å². The molecule has 0 atom stereocenters. The van der Waals surface area contributed by atoms with E-state index in [1.807, 2.05) is 37.3 Å². The van der Waals surface area contributed by atoms with Crippen LogP contribution in [0.2, 0.25) is 5.02 Å². The van der Waals surface area contributed by atoms with Crippen molar-refractivity contribution in [3.63, 3.8) is 0 Å². The van der Waals surface area contributed by atoms with Gasteiger partial charge < -0.3 is 9.64 Å². The van der Waals surface area contributed by atoms with E-state index in [9.17, 15) is 4.79 Å². The molecule has 0 aromatic heterocycles. The van der Waals surface area contributed by atoms with E-state index in [4.69, 9.17) is 16.3 Å². The number of ether oxygens (including phenoxy) is 1. The Kier molecular flexibility index (Phi) is 5.69. The molecule has 0 radical (unpaired) electrons. The summed E-state index contributed by atoms with van der Waals surface area (Å²) in [7, 11) is 3.39. The molecular formula is C17H17ClINO2. The molecule has 3 nitrogen and oxygen atoms in total. The molecule has 0 spiro atoms. The van der Waals surface area contributed by atoms with Crippen LogP contribution in [0.4, 0.5) is 0 Å². The Morgan fingerprint density at radius 1 is 1.32 bits per heavy atom. The average Bonchev–Trinajstić information content (AvgIpc) is 2.49. The van der Waals surface area contributed by atoms with Crippen LogP contribution in [-0.4, -0.2) is 25.0 Å². The van der Waals surface area contributed by atoms with Crippen molar-refractivity contribution in [3.8, 4) is 5.75 Å². The van der Waals surface area contributed by atoms with Crippen molar-refractivity contribution >= 4 is 40.1 Å². The maximum atomic E-state index is 12.7. The second-order valence-corrected chi connectivity index (χ2v) is 6.57. The Bertz CT molecular complexity index is 703. The third kappa shape index (κ3) is 3.73. The standard InChI is InChI=1S/C17H17ClINO2/c1-11-5-4-6-14(16(11)19)17(21)20(2)10-12-9-13(18)7-8-15(12)22-3/h4-9H,10H2,1-3H3. The maximum Gasteiger partial charge on any atom is 0.254 e. The van der Waals surface area contributed by atoms with E-state index in [1.165, 1.54) is 0 Å². The van der Waals surface area contributed by atoms with Crippen LogP contribution in [0.25, 0.3) is 0 Å². The highest BCUT2D eigenvalue weighted by Crippen LogP contribution is 2.25. The van der Waals surface area contributed by atoms with Crippen LogP contribution in [0, 0.1) is 10.5 Å². The molecule has 0 saturated carbocycles. The fraction of sp³-hybridized carbons (Fsp3) is 0.235. The zero-order chi connectivity index (χ0) is 16.3. The van der Waals surface area contributed by atoms with E-state index in [1.54, 1.807) is 25.1 Å². The van der Waals surface area contributed by atoms with Crippen molar-refractivity contribution in [2.45, 2.75) is 13.5 Å². The van der Waals surface area contributed by atoms with Gasteiger partial charge in [-0.2, -0.15) is 0 Å². The van der Waals surface area contributed by atoms with Gasteiger partial charge in [0.25, 0.3) is 5.91 Å². The number of carbonyl (C=O) groups excluding carboxylic acids is 1. The van der Waals surface area contributed by atoms with Crippen LogP contribution < -0.4 is 4.74 Å². The van der Waals surface area contributed by atoms with Crippen LogP contribution in [0.15, 0.2) is 36.4 Å². The Morgan fingerprint density at radius 2 is 2.05 bits per heavy atom. The molecule has 116 valence electrons. The monoisotopic (exact) mass is 429 g/mol. The number of halogens is 2. The Balaban J connectivity index is 2.25. The zero-order valence-electron chi connectivity index (χ0n) is 12.7. The first-order chi connectivity index (χ1) is 10.4. The lowest BCUT2D eigenvalue weighted by molar-refractivity contribution is 0.0783. The minimum atomic E-state index is -0.0184. The summed E-state index contributed by atoms with van der Waals surface area (Å²) in [6.07, 6.45) is 0. The maximum absolute atomic E-state index is 12.7. The SMILES string of the molecule is COc1ccc(Cl)cc1CN(C)C(=O)c1cccc(C)c1I. The highest BCUT2D eigenvalue weighted by Gasteiger charge is 2.17. The Labute approximate surface area is 149 Å². The van der Waals surface area contributed by atoms with Crippen LogP contribution in [0.5, 0.6) is 5.75 Å². The molecule has 2 rings (SSSR count). The molecule has 0 aliphatic heterocycles. The molecule has 0 unspecified atom stereocenters. The number of amides is 1. The van der Waals surface area contributed by atoms with E-state index in [0.717, 1.165) is 20.4 Å². The van der Waals surface area contributed by atoms with Gasteiger partial charge in [-0.3, -0.25) is 4.79 Å². The highest BCUT2D eigenvalue weighted by molar-refractivity contribution is 14.1. The smallest absolute Gasteiger partial charge is 0.254 e. The van der Waals surface area contributed by atoms with Crippen molar-refractivity contribution in [3.05, 3.63) is 61.7 Å². The molecule has 22 heavy (non-hydrogen) atoms. The molecule has 0 bridgehead atoms. The molecule has 0 aliphatic carbocycles. The van der Waals surface area contributed by atoms with E-state index >= 15 is 0 Å². The van der Waals surface area contributed by atoms with Gasteiger partial charge in [-0.15, -0.1) is 0 Å². The van der Waals surface area contributed by atoms with Crippen LogP contribution in [0.3, 0.4) is 0 Å². The predicted octanol–water partition coefficient (Wildman–Crippen LogP) is 4.53. The van der Waals surface area contributed by atoms with Crippen molar-refractivity contribution < 1.29 is 9.53 Å². The number of aryl methyl sites for hydroxylation is 1. The zero-order valence-corrected chi connectivity index (χ0v) is 15.6. The number of hydrogen-bond acceptors (Lipinski definition) is 2. The minimum absolute atomic E-state index is 0.0184. The van der Waals surface area contributed by atoms with E-state index < -0.39 is 0 Å². The number of methoxy groups -OCH3 is 1. The van der Waals surface area contributed by atoms with Gasteiger partial charge in [-0.1, -0.05) is 23.7 Å². The van der Waals surface area contributed by atoms with E-state index in [-0.39, 0.29) is 5.91 Å². The largest absolute Gasteiger partial charge is 0.496 e. The van der Waals surface area contributed by atoms with Crippen molar-refractivity contribution in [2.75, 3.05) is 14.2 Å². The fourth-order valence-corrected chi connectivity index (χ4v) is 3.00. The van der Waals surface area contributed by atoms with Crippen LogP contribution >= 0.6 is 34.2 Å². The lowest BCUT2D eigenvalue weighted by Gasteiger charge is -2.20. The first-order valence-electron chi connectivity index (χ1n) is 6.77. The summed E-state index contributed by atoms with van der Waals surface area (Å²) in [6.45, 7) is 2.44. The van der Waals surface area contributed by atoms with E-state index in [2.05, 4.69) is 22.6 Å². The van der Waals surface area contributed by atoms with Crippen molar-refractivity contribution in [1.29, 1.82) is 0 Å². The van der Waals surface area contributed by atoms with Gasteiger partial charge in [0.1, 0.15) is 5.75 Å². The van der Waals surface area contributed by atoms with Gasteiger partial charge in [0, 0.05) is 27.7 Å². The minimum Gasteiger partial charge on any atom is -0.496 e. The summed E-state index contributed by atoms with van der Waals surface area (Å²) in [5, 5.41) is 0.627. The first kappa shape index (κ1) is 17.1. The summed E-state index contributed by atoms with van der Waals surface area (Å²) < 4.78 is 6.31. The molecule has 0 saturated heterocycles. The lowest BCUT2D eigenvalue weighted by atomic mass is 10.1. The lowest BCUT2D eigenvalue weighted by Crippen LogP contribution is -2.27. The van der Waals surface area contributed by atoms with Crippen molar-refractivity contribution in [2.24, 2.45) is 0 Å². The molecule has 2 aromatic carbocycles. The summed E-state index contributed by atoms with van der Waals surface area (Å²) >= 11 is 8.25. The Morgan fingerprint density at radius 3 is 2.73 bits per heavy atom. The second kappa shape index (κ2) is 7.33. The second-order valence-electron chi connectivity index (χ2n) is 5.05. The molecule has 1 amide bonds. The van der Waals surface area contributed by atoms with Gasteiger partial charge in [0.05, 0.1) is 12.7 Å². The number of benzene rings is 2. The number of rotatable bonds is 4. The average molecular weight is 430 g/mol. The normalized spacial score (nSPS) is 10.4. The number of nitrogens with zero attached hydrogens (tertiary/aromatic N) is 1. The highest BCUT2D eigenvalue weighted by atomic mass is 127.